The number of hydrogen-bond acceptors (Lipinski definition) is 7. The fraction of sp³-hybridized carbons (Fsp3) is 0.300. The average molecular weight is 425 g/mol. The third-order valence-corrected chi connectivity index (χ3v) is 6.36. The van der Waals surface area contributed by atoms with Crippen molar-refractivity contribution >= 4 is 39.1 Å². The Bertz CT molecular complexity index is 1250. The number of benzene rings is 1. The van der Waals surface area contributed by atoms with Crippen LogP contribution in [0.15, 0.2) is 23.0 Å². The maximum atomic E-state index is 12.6. The van der Waals surface area contributed by atoms with Crippen molar-refractivity contribution in [1.29, 1.82) is 0 Å². The molecule has 2 aromatic heterocycles. The molecule has 154 valence electrons. The Labute approximate surface area is 175 Å². The first-order valence-electron chi connectivity index (χ1n) is 9.55. The lowest BCUT2D eigenvalue weighted by atomic mass is 10.1. The van der Waals surface area contributed by atoms with E-state index in [1.54, 1.807) is 18.2 Å². The van der Waals surface area contributed by atoms with Crippen molar-refractivity contribution in [2.24, 2.45) is 0 Å². The smallest absolute Gasteiger partial charge is 0.287 e. The largest absolute Gasteiger partial charge is 0.482 e. The van der Waals surface area contributed by atoms with Gasteiger partial charge in [0.05, 0.1) is 11.1 Å². The summed E-state index contributed by atoms with van der Waals surface area (Å²) in [7, 11) is 2.04. The van der Waals surface area contributed by atoms with Crippen LogP contribution in [0.25, 0.3) is 10.2 Å². The third kappa shape index (κ3) is 3.33. The lowest BCUT2D eigenvalue weighted by Crippen LogP contribution is -2.28. The van der Waals surface area contributed by atoms with Crippen molar-refractivity contribution < 1.29 is 14.3 Å². The van der Waals surface area contributed by atoms with E-state index < -0.39 is 5.91 Å². The molecule has 5 rings (SSSR count). The van der Waals surface area contributed by atoms with E-state index in [-0.39, 0.29) is 30.4 Å². The number of fused-ring (bicyclic) bond motifs is 4. The van der Waals surface area contributed by atoms with Crippen LogP contribution in [-0.2, 0) is 24.3 Å². The molecule has 3 aromatic rings. The Hall–Kier alpha value is -3.24. The van der Waals surface area contributed by atoms with Gasteiger partial charge in [0.25, 0.3) is 17.4 Å². The number of thiophene rings is 1. The number of H-pyrrole nitrogens is 1. The van der Waals surface area contributed by atoms with Crippen molar-refractivity contribution in [2.45, 2.75) is 19.5 Å². The molecular weight excluding hydrogens is 406 g/mol. The maximum absolute atomic E-state index is 12.6. The minimum atomic E-state index is -0.463. The van der Waals surface area contributed by atoms with Crippen LogP contribution in [0.4, 0.5) is 5.69 Å². The minimum absolute atomic E-state index is 0.00551. The number of aromatic amines is 1. The molecule has 10 heteroatoms. The van der Waals surface area contributed by atoms with Gasteiger partial charge in [-0.15, -0.1) is 11.3 Å². The van der Waals surface area contributed by atoms with Crippen LogP contribution in [-0.4, -0.2) is 46.9 Å². The number of rotatable bonds is 3. The van der Waals surface area contributed by atoms with Crippen LogP contribution in [0, 0.1) is 0 Å². The van der Waals surface area contributed by atoms with Gasteiger partial charge in [-0.2, -0.15) is 0 Å². The molecule has 0 radical (unpaired) electrons. The highest BCUT2D eigenvalue weighted by molar-refractivity contribution is 7.18. The molecular formula is C20H19N5O4S. The summed E-state index contributed by atoms with van der Waals surface area (Å²) in [6.07, 6.45) is 0.806. The second-order valence-electron chi connectivity index (χ2n) is 7.44. The summed E-state index contributed by atoms with van der Waals surface area (Å²) in [6, 6.07) is 5.30. The van der Waals surface area contributed by atoms with Crippen LogP contribution in [0.2, 0.25) is 0 Å². The Morgan fingerprint density at radius 3 is 3.10 bits per heavy atom. The SMILES string of the molecule is CN1CCc2c(sc3nc(C(=O)NCc4ccc5c(c4)NC(=O)CO5)[nH]c(=O)c23)C1. The monoisotopic (exact) mass is 425 g/mol. The predicted octanol–water partition coefficient (Wildman–Crippen LogP) is 1.23. The molecule has 3 N–H and O–H groups in total. The van der Waals surface area contributed by atoms with E-state index in [0.29, 0.717) is 21.7 Å². The summed E-state index contributed by atoms with van der Waals surface area (Å²) in [5.74, 6) is -0.0958. The predicted molar refractivity (Wildman–Crippen MR) is 112 cm³/mol. The summed E-state index contributed by atoms with van der Waals surface area (Å²) in [5, 5.41) is 6.10. The Balaban J connectivity index is 1.36. The topological polar surface area (TPSA) is 116 Å². The molecule has 0 atom stereocenters. The first-order valence-corrected chi connectivity index (χ1v) is 10.4. The van der Waals surface area contributed by atoms with Gasteiger partial charge < -0.3 is 25.3 Å². The first-order chi connectivity index (χ1) is 14.5. The number of aromatic nitrogens is 2. The molecule has 0 aliphatic carbocycles. The van der Waals surface area contributed by atoms with Gasteiger partial charge >= 0.3 is 0 Å². The molecule has 2 amide bonds. The van der Waals surface area contributed by atoms with E-state index in [4.69, 9.17) is 4.74 Å². The van der Waals surface area contributed by atoms with Gasteiger partial charge in [-0.05, 0) is 36.7 Å². The van der Waals surface area contributed by atoms with Gasteiger partial charge in [0.1, 0.15) is 10.6 Å². The van der Waals surface area contributed by atoms with Crippen LogP contribution in [0.5, 0.6) is 5.75 Å². The van der Waals surface area contributed by atoms with Gasteiger partial charge in [0.15, 0.2) is 6.61 Å². The molecule has 0 spiro atoms. The van der Waals surface area contributed by atoms with E-state index in [2.05, 4.69) is 25.5 Å². The number of carbonyl (C=O) groups is 2. The standard InChI is InChI=1S/C20H19N5O4S/c1-25-5-4-11-14(8-25)30-20-16(11)18(27)23-17(24-20)19(28)21-7-10-2-3-13-12(6-10)22-15(26)9-29-13/h2-3,6H,4-5,7-9H2,1H3,(H,21,28)(H,22,26)(H,23,24,27). The number of likely N-dealkylation sites (N-methyl/N-ethyl adjacent to an activating group) is 1. The van der Waals surface area contributed by atoms with Gasteiger partial charge in [-0.3, -0.25) is 14.4 Å². The van der Waals surface area contributed by atoms with E-state index in [1.807, 2.05) is 7.05 Å². The number of nitrogens with zero attached hydrogens (tertiary/aromatic N) is 2. The molecule has 30 heavy (non-hydrogen) atoms. The zero-order valence-corrected chi connectivity index (χ0v) is 17.0. The Morgan fingerprint density at radius 2 is 2.23 bits per heavy atom. The highest BCUT2D eigenvalue weighted by Gasteiger charge is 2.23. The molecule has 0 saturated heterocycles. The van der Waals surface area contributed by atoms with Gasteiger partial charge in [-0.1, -0.05) is 6.07 Å². The molecule has 0 unspecified atom stereocenters. The number of amides is 2. The highest BCUT2D eigenvalue weighted by Crippen LogP contribution is 2.32. The summed E-state index contributed by atoms with van der Waals surface area (Å²) < 4.78 is 5.33. The number of anilines is 1. The molecule has 4 heterocycles. The van der Waals surface area contributed by atoms with Gasteiger partial charge in [0.2, 0.25) is 5.82 Å². The van der Waals surface area contributed by atoms with Crippen molar-refractivity contribution in [2.75, 3.05) is 25.5 Å². The fourth-order valence-corrected chi connectivity index (χ4v) is 5.04. The van der Waals surface area contributed by atoms with Crippen molar-refractivity contribution in [3.63, 3.8) is 0 Å². The minimum Gasteiger partial charge on any atom is -0.482 e. The van der Waals surface area contributed by atoms with Crippen LogP contribution in [0.3, 0.4) is 0 Å². The average Bonchev–Trinajstić information content (AvgIpc) is 3.09. The molecule has 0 fully saturated rings. The molecule has 0 saturated carbocycles. The lowest BCUT2D eigenvalue weighted by molar-refractivity contribution is -0.118. The number of hydrogen-bond donors (Lipinski definition) is 3. The van der Waals surface area contributed by atoms with Crippen LogP contribution >= 0.6 is 11.3 Å². The molecule has 1 aromatic carbocycles. The summed E-state index contributed by atoms with van der Waals surface area (Å²) >= 11 is 1.47. The Kier molecular flexibility index (Phi) is 4.52. The normalized spacial score (nSPS) is 15.8. The first kappa shape index (κ1) is 18.8. The van der Waals surface area contributed by atoms with Gasteiger partial charge in [-0.25, -0.2) is 4.98 Å². The van der Waals surface area contributed by atoms with Crippen molar-refractivity contribution in [1.82, 2.24) is 20.2 Å². The molecule has 0 bridgehead atoms. The third-order valence-electron chi connectivity index (χ3n) is 5.25. The van der Waals surface area contributed by atoms with Crippen LogP contribution in [0.1, 0.15) is 26.6 Å². The van der Waals surface area contributed by atoms with Gasteiger partial charge in [0, 0.05) is 24.5 Å². The quantitative estimate of drug-likeness (QED) is 0.581. The van der Waals surface area contributed by atoms with Crippen LogP contribution < -0.4 is 20.9 Å². The molecule has 2 aliphatic rings. The van der Waals surface area contributed by atoms with Crippen molar-refractivity contribution in [3.8, 4) is 5.75 Å². The summed E-state index contributed by atoms with van der Waals surface area (Å²) in [4.78, 5) is 47.7. The van der Waals surface area contributed by atoms with E-state index in [1.165, 1.54) is 11.3 Å². The second-order valence-corrected chi connectivity index (χ2v) is 8.52. The number of ether oxygens (including phenoxy) is 1. The number of nitrogens with one attached hydrogen (secondary N) is 3. The molecule has 2 aliphatic heterocycles. The molecule has 9 nitrogen and oxygen atoms in total. The van der Waals surface area contributed by atoms with E-state index in [9.17, 15) is 14.4 Å². The van der Waals surface area contributed by atoms with E-state index in [0.717, 1.165) is 35.5 Å². The summed E-state index contributed by atoms with van der Waals surface area (Å²) in [5.41, 5.74) is 2.12. The zero-order valence-electron chi connectivity index (χ0n) is 16.2. The Morgan fingerprint density at radius 1 is 1.37 bits per heavy atom. The van der Waals surface area contributed by atoms with E-state index >= 15 is 0 Å². The lowest BCUT2D eigenvalue weighted by Gasteiger charge is -2.21. The summed E-state index contributed by atoms with van der Waals surface area (Å²) in [6.45, 7) is 1.89. The van der Waals surface area contributed by atoms with Crippen molar-refractivity contribution in [3.05, 3.63) is 50.4 Å². The fourth-order valence-electron chi connectivity index (χ4n) is 3.74. The zero-order chi connectivity index (χ0) is 20.8. The number of carbonyl (C=O) groups excluding carboxylic acids is 2. The second kappa shape index (κ2) is 7.22. The highest BCUT2D eigenvalue weighted by atomic mass is 32.1. The maximum Gasteiger partial charge on any atom is 0.287 e.